The lowest BCUT2D eigenvalue weighted by Gasteiger charge is -2.05. The maximum absolute atomic E-state index is 11.1. The second-order valence-corrected chi connectivity index (χ2v) is 5.47. The molecule has 2 heterocycles. The van der Waals surface area contributed by atoms with Gasteiger partial charge in [-0.3, -0.25) is 4.98 Å². The Bertz CT molecular complexity index is 832. The van der Waals surface area contributed by atoms with Gasteiger partial charge >= 0.3 is 6.09 Å². The van der Waals surface area contributed by atoms with E-state index >= 15 is 0 Å². The van der Waals surface area contributed by atoms with E-state index in [2.05, 4.69) is 9.97 Å². The van der Waals surface area contributed by atoms with Crippen molar-refractivity contribution in [3.8, 4) is 11.6 Å². The second-order valence-electron chi connectivity index (χ2n) is 4.38. The van der Waals surface area contributed by atoms with Crippen molar-refractivity contribution in [1.82, 2.24) is 9.97 Å². The molecule has 0 bridgehead atoms. The highest BCUT2D eigenvalue weighted by atomic mass is 32.2. The van der Waals surface area contributed by atoms with E-state index in [1.807, 2.05) is 30.3 Å². The molecule has 3 N–H and O–H groups in total. The number of aromatic nitrogens is 2. The first kappa shape index (κ1) is 14.3. The molecule has 7 heteroatoms. The van der Waals surface area contributed by atoms with Crippen molar-refractivity contribution >= 4 is 28.9 Å². The molecule has 0 saturated heterocycles. The Morgan fingerprint density at radius 3 is 2.95 bits per heavy atom. The van der Waals surface area contributed by atoms with Gasteiger partial charge in [-0.25, -0.2) is 4.79 Å². The first-order valence-electron chi connectivity index (χ1n) is 6.43. The van der Waals surface area contributed by atoms with Crippen molar-refractivity contribution in [3.05, 3.63) is 42.6 Å². The number of nitrogens with zero attached hydrogens (tertiary/aromatic N) is 1. The Hall–Kier alpha value is -2.67. The molecule has 112 valence electrons. The lowest BCUT2D eigenvalue weighted by Crippen LogP contribution is -2.16. The summed E-state index contributed by atoms with van der Waals surface area (Å²) >= 11 is 1.42. The van der Waals surface area contributed by atoms with Crippen LogP contribution in [0, 0.1) is 0 Å². The fourth-order valence-electron chi connectivity index (χ4n) is 2.02. The highest BCUT2D eigenvalue weighted by Crippen LogP contribution is 2.40. The SMILES string of the molecule is COc1cccc(Sc2c(OC(N)=O)[nH]c3cccnc23)c1. The highest BCUT2D eigenvalue weighted by Gasteiger charge is 2.17. The topological polar surface area (TPSA) is 90.2 Å². The number of hydrogen-bond acceptors (Lipinski definition) is 5. The maximum Gasteiger partial charge on any atom is 0.411 e. The third-order valence-corrected chi connectivity index (χ3v) is 4.01. The van der Waals surface area contributed by atoms with E-state index in [4.69, 9.17) is 15.2 Å². The first-order chi connectivity index (χ1) is 10.7. The number of H-pyrrole nitrogens is 1. The molecule has 3 aromatic rings. The van der Waals surface area contributed by atoms with Gasteiger partial charge < -0.3 is 20.2 Å². The molecule has 0 aliphatic rings. The second kappa shape index (κ2) is 5.98. The van der Waals surface area contributed by atoms with Gasteiger partial charge in [0.1, 0.15) is 16.2 Å². The van der Waals surface area contributed by atoms with Crippen LogP contribution in [0.4, 0.5) is 4.79 Å². The van der Waals surface area contributed by atoms with E-state index in [1.165, 1.54) is 11.8 Å². The lowest BCUT2D eigenvalue weighted by molar-refractivity contribution is 0.208. The van der Waals surface area contributed by atoms with Crippen LogP contribution in [0.3, 0.4) is 0 Å². The predicted octanol–water partition coefficient (Wildman–Crippen LogP) is 3.18. The largest absolute Gasteiger partial charge is 0.497 e. The average molecular weight is 315 g/mol. The average Bonchev–Trinajstić information content (AvgIpc) is 2.84. The number of aromatic amines is 1. The highest BCUT2D eigenvalue weighted by molar-refractivity contribution is 7.99. The molecule has 3 rings (SSSR count). The number of fused-ring (bicyclic) bond motifs is 1. The number of benzene rings is 1. The Balaban J connectivity index is 2.05. The smallest absolute Gasteiger partial charge is 0.411 e. The van der Waals surface area contributed by atoms with E-state index in [0.717, 1.165) is 16.2 Å². The minimum atomic E-state index is -0.876. The van der Waals surface area contributed by atoms with Crippen molar-refractivity contribution < 1.29 is 14.3 Å². The zero-order valence-corrected chi connectivity index (χ0v) is 12.5. The van der Waals surface area contributed by atoms with Gasteiger partial charge in [-0.2, -0.15) is 0 Å². The molecule has 0 aliphatic heterocycles. The summed E-state index contributed by atoms with van der Waals surface area (Å²) < 4.78 is 10.3. The summed E-state index contributed by atoms with van der Waals surface area (Å²) in [5.41, 5.74) is 6.61. The molecule has 0 unspecified atom stereocenters. The first-order valence-corrected chi connectivity index (χ1v) is 7.25. The zero-order valence-electron chi connectivity index (χ0n) is 11.7. The summed E-state index contributed by atoms with van der Waals surface area (Å²) in [6.45, 7) is 0. The van der Waals surface area contributed by atoms with E-state index in [0.29, 0.717) is 10.4 Å². The number of nitrogens with one attached hydrogen (secondary N) is 1. The summed E-state index contributed by atoms with van der Waals surface area (Å²) in [7, 11) is 1.61. The van der Waals surface area contributed by atoms with Gasteiger partial charge in [-0.05, 0) is 30.3 Å². The summed E-state index contributed by atoms with van der Waals surface area (Å²) in [5.74, 6) is 1.03. The predicted molar refractivity (Wildman–Crippen MR) is 83.4 cm³/mol. The third kappa shape index (κ3) is 2.84. The van der Waals surface area contributed by atoms with Gasteiger partial charge in [-0.1, -0.05) is 17.8 Å². The minimum Gasteiger partial charge on any atom is -0.497 e. The molecular weight excluding hydrogens is 302 g/mol. The molecular formula is C15H13N3O3S. The van der Waals surface area contributed by atoms with Crippen LogP contribution in [-0.4, -0.2) is 23.2 Å². The lowest BCUT2D eigenvalue weighted by atomic mass is 10.3. The summed E-state index contributed by atoms with van der Waals surface area (Å²) in [6, 6.07) is 11.2. The van der Waals surface area contributed by atoms with Crippen molar-refractivity contribution in [3.63, 3.8) is 0 Å². The van der Waals surface area contributed by atoms with E-state index in [9.17, 15) is 4.79 Å². The molecule has 22 heavy (non-hydrogen) atoms. The number of carbonyl (C=O) groups excluding carboxylic acids is 1. The third-order valence-electron chi connectivity index (χ3n) is 2.94. The van der Waals surface area contributed by atoms with Crippen molar-refractivity contribution in [2.24, 2.45) is 5.73 Å². The normalized spacial score (nSPS) is 10.6. The molecule has 1 amide bonds. The molecule has 6 nitrogen and oxygen atoms in total. The van der Waals surface area contributed by atoms with Crippen molar-refractivity contribution in [1.29, 1.82) is 0 Å². The quantitative estimate of drug-likeness (QED) is 0.771. The van der Waals surface area contributed by atoms with Gasteiger partial charge in [0.25, 0.3) is 0 Å². The van der Waals surface area contributed by atoms with Crippen LogP contribution in [0.5, 0.6) is 11.6 Å². The van der Waals surface area contributed by atoms with Gasteiger partial charge in [0.15, 0.2) is 0 Å². The molecule has 0 fully saturated rings. The van der Waals surface area contributed by atoms with Gasteiger partial charge in [0, 0.05) is 11.1 Å². The van der Waals surface area contributed by atoms with Crippen LogP contribution < -0.4 is 15.2 Å². The number of nitrogens with two attached hydrogens (primary N) is 1. The number of carbonyl (C=O) groups is 1. The number of rotatable bonds is 4. The van der Waals surface area contributed by atoms with Gasteiger partial charge in [0.2, 0.25) is 5.88 Å². The number of ether oxygens (including phenoxy) is 2. The standard InChI is InChI=1S/C15H13N3O3S/c1-20-9-4-2-5-10(8-9)22-13-12-11(6-3-7-17-12)18-14(13)21-15(16)19/h2-8,18H,1H3,(H2,16,19). The van der Waals surface area contributed by atoms with E-state index < -0.39 is 6.09 Å². The molecule has 0 atom stereocenters. The van der Waals surface area contributed by atoms with Gasteiger partial charge in [-0.15, -0.1) is 0 Å². The fourth-order valence-corrected chi connectivity index (χ4v) is 3.03. The maximum atomic E-state index is 11.1. The molecule has 2 aromatic heterocycles. The summed E-state index contributed by atoms with van der Waals surface area (Å²) in [4.78, 5) is 20.0. The van der Waals surface area contributed by atoms with E-state index in [1.54, 1.807) is 19.4 Å². The number of amides is 1. The van der Waals surface area contributed by atoms with Crippen molar-refractivity contribution in [2.75, 3.05) is 7.11 Å². The Morgan fingerprint density at radius 1 is 1.32 bits per heavy atom. The number of hydrogen-bond donors (Lipinski definition) is 2. The molecule has 0 spiro atoms. The van der Waals surface area contributed by atoms with E-state index in [-0.39, 0.29) is 5.88 Å². The Kier molecular flexibility index (Phi) is 3.88. The Labute approximate surface area is 130 Å². The van der Waals surface area contributed by atoms with Crippen LogP contribution in [0.2, 0.25) is 0 Å². The molecule has 0 radical (unpaired) electrons. The van der Waals surface area contributed by atoms with Gasteiger partial charge in [0.05, 0.1) is 12.6 Å². The summed E-state index contributed by atoms with van der Waals surface area (Å²) in [5, 5.41) is 0. The van der Waals surface area contributed by atoms with Crippen LogP contribution >= 0.6 is 11.8 Å². The Morgan fingerprint density at radius 2 is 2.18 bits per heavy atom. The fraction of sp³-hybridized carbons (Fsp3) is 0.0667. The number of primary amides is 1. The number of methoxy groups -OCH3 is 1. The van der Waals surface area contributed by atoms with Crippen molar-refractivity contribution in [2.45, 2.75) is 9.79 Å². The minimum absolute atomic E-state index is 0.286. The molecule has 1 aromatic carbocycles. The van der Waals surface area contributed by atoms with Crippen LogP contribution in [0.25, 0.3) is 11.0 Å². The zero-order chi connectivity index (χ0) is 15.5. The molecule has 0 aliphatic carbocycles. The van der Waals surface area contributed by atoms with Crippen LogP contribution in [-0.2, 0) is 0 Å². The monoisotopic (exact) mass is 315 g/mol. The van der Waals surface area contributed by atoms with Crippen LogP contribution in [0.1, 0.15) is 0 Å². The number of pyridine rings is 1. The van der Waals surface area contributed by atoms with Crippen LogP contribution in [0.15, 0.2) is 52.4 Å². The summed E-state index contributed by atoms with van der Waals surface area (Å²) in [6.07, 6.45) is 0.805. The molecule has 0 saturated carbocycles.